The Morgan fingerprint density at radius 1 is 1.25 bits per heavy atom. The van der Waals surface area contributed by atoms with Crippen LogP contribution in [0.2, 0.25) is 0 Å². The molecular weight excluding hydrogens is 250 g/mol. The number of aromatic nitrogens is 2. The molecule has 4 heteroatoms. The molecule has 0 radical (unpaired) electrons. The summed E-state index contributed by atoms with van der Waals surface area (Å²) >= 11 is 0. The second kappa shape index (κ2) is 6.09. The smallest absolute Gasteiger partial charge is 0.119 e. The van der Waals surface area contributed by atoms with Gasteiger partial charge >= 0.3 is 0 Å². The Balaban J connectivity index is 1.84. The van der Waals surface area contributed by atoms with Gasteiger partial charge in [-0.1, -0.05) is 0 Å². The molecule has 0 unspecified atom stereocenters. The number of hydrogen-bond donors (Lipinski definition) is 1. The molecule has 2 heterocycles. The summed E-state index contributed by atoms with van der Waals surface area (Å²) in [6.45, 7) is 4.89. The van der Waals surface area contributed by atoms with Gasteiger partial charge in [0, 0.05) is 23.5 Å². The van der Waals surface area contributed by atoms with E-state index in [1.165, 1.54) is 18.5 Å². The van der Waals surface area contributed by atoms with Gasteiger partial charge in [0.2, 0.25) is 0 Å². The lowest BCUT2D eigenvalue weighted by Crippen LogP contribution is -2.27. The van der Waals surface area contributed by atoms with Gasteiger partial charge < -0.3 is 14.6 Å². The van der Waals surface area contributed by atoms with Crippen LogP contribution in [-0.2, 0) is 0 Å². The summed E-state index contributed by atoms with van der Waals surface area (Å²) in [7, 11) is 0. The van der Waals surface area contributed by atoms with Crippen molar-refractivity contribution >= 4 is 0 Å². The molecule has 0 bridgehead atoms. The maximum Gasteiger partial charge on any atom is 0.119 e. The fraction of sp³-hybridized carbons (Fsp3) is 0.438. The van der Waals surface area contributed by atoms with Crippen molar-refractivity contribution < 1.29 is 4.74 Å². The van der Waals surface area contributed by atoms with Crippen LogP contribution in [0.1, 0.15) is 31.4 Å². The molecule has 1 N–H and O–H groups in total. The Bertz CT molecular complexity index is 541. The van der Waals surface area contributed by atoms with E-state index < -0.39 is 0 Å². The van der Waals surface area contributed by atoms with Crippen LogP contribution in [0.4, 0.5) is 0 Å². The van der Waals surface area contributed by atoms with Crippen LogP contribution in [0.5, 0.6) is 5.75 Å². The summed E-state index contributed by atoms with van der Waals surface area (Å²) in [6.07, 6.45) is 6.28. The summed E-state index contributed by atoms with van der Waals surface area (Å²) < 4.78 is 7.69. The van der Waals surface area contributed by atoms with E-state index in [-0.39, 0.29) is 0 Å². The predicted octanol–water partition coefficient (Wildman–Crippen LogP) is 2.74. The van der Waals surface area contributed by atoms with E-state index in [0.717, 1.165) is 24.5 Å². The number of rotatable bonds is 4. The van der Waals surface area contributed by atoms with Gasteiger partial charge in [0.05, 0.1) is 12.9 Å². The van der Waals surface area contributed by atoms with Crippen LogP contribution in [0.15, 0.2) is 36.8 Å². The van der Waals surface area contributed by atoms with Crippen molar-refractivity contribution in [3.05, 3.63) is 42.5 Å². The van der Waals surface area contributed by atoms with Crippen LogP contribution in [0.3, 0.4) is 0 Å². The largest absolute Gasteiger partial charge is 0.494 e. The minimum absolute atomic E-state index is 0.602. The Labute approximate surface area is 119 Å². The molecule has 2 aromatic rings. The highest BCUT2D eigenvalue weighted by molar-refractivity contribution is 5.39. The van der Waals surface area contributed by atoms with Crippen molar-refractivity contribution in [2.45, 2.75) is 25.7 Å². The lowest BCUT2D eigenvalue weighted by molar-refractivity contribution is 0.340. The maximum atomic E-state index is 5.49. The zero-order valence-corrected chi connectivity index (χ0v) is 11.9. The van der Waals surface area contributed by atoms with E-state index in [9.17, 15) is 0 Å². The van der Waals surface area contributed by atoms with E-state index in [0.29, 0.717) is 12.5 Å². The van der Waals surface area contributed by atoms with Crippen LogP contribution in [0.25, 0.3) is 5.69 Å². The first-order chi connectivity index (χ1) is 9.88. The lowest BCUT2D eigenvalue weighted by Gasteiger charge is -2.23. The number of piperidine rings is 1. The van der Waals surface area contributed by atoms with Gasteiger partial charge in [0.1, 0.15) is 5.75 Å². The third-order valence-corrected chi connectivity index (χ3v) is 3.85. The highest BCUT2D eigenvalue weighted by Crippen LogP contribution is 2.27. The maximum absolute atomic E-state index is 5.49. The van der Waals surface area contributed by atoms with Gasteiger partial charge in [-0.05, 0) is 57.1 Å². The molecule has 106 valence electrons. The molecule has 0 amide bonds. The number of ether oxygens (including phenoxy) is 1. The van der Waals surface area contributed by atoms with Gasteiger partial charge in [-0.3, -0.25) is 0 Å². The first-order valence-electron chi connectivity index (χ1n) is 7.34. The van der Waals surface area contributed by atoms with Gasteiger partial charge in [0.25, 0.3) is 0 Å². The molecule has 0 saturated carbocycles. The average molecular weight is 271 g/mol. The van der Waals surface area contributed by atoms with Crippen LogP contribution >= 0.6 is 0 Å². The zero-order chi connectivity index (χ0) is 13.8. The molecule has 1 saturated heterocycles. The Morgan fingerprint density at radius 3 is 2.70 bits per heavy atom. The minimum Gasteiger partial charge on any atom is -0.494 e. The van der Waals surface area contributed by atoms with Crippen LogP contribution < -0.4 is 10.1 Å². The zero-order valence-electron chi connectivity index (χ0n) is 11.9. The van der Waals surface area contributed by atoms with Crippen LogP contribution in [0, 0.1) is 0 Å². The van der Waals surface area contributed by atoms with E-state index >= 15 is 0 Å². The normalized spacial score (nSPS) is 16.2. The molecular formula is C16H21N3O. The molecule has 4 nitrogen and oxygen atoms in total. The van der Waals surface area contributed by atoms with E-state index in [4.69, 9.17) is 4.74 Å². The number of nitrogens with one attached hydrogen (secondary N) is 1. The van der Waals surface area contributed by atoms with E-state index in [1.54, 1.807) is 0 Å². The summed E-state index contributed by atoms with van der Waals surface area (Å²) in [4.78, 5) is 4.34. The fourth-order valence-electron chi connectivity index (χ4n) is 2.81. The number of imidazole rings is 1. The Hall–Kier alpha value is -1.81. The molecule has 1 aromatic carbocycles. The molecule has 1 aliphatic heterocycles. The quantitative estimate of drug-likeness (QED) is 0.929. The molecule has 0 atom stereocenters. The van der Waals surface area contributed by atoms with Crippen molar-refractivity contribution in [2.75, 3.05) is 19.7 Å². The van der Waals surface area contributed by atoms with E-state index in [1.807, 2.05) is 31.6 Å². The summed E-state index contributed by atoms with van der Waals surface area (Å²) in [5.41, 5.74) is 2.47. The highest BCUT2D eigenvalue weighted by atomic mass is 16.5. The standard InChI is InChI=1S/C16H21N3O/c1-2-20-15-5-3-14(4-6-15)19-12-18-11-16(19)13-7-9-17-10-8-13/h3-6,11-13,17H,2,7-10H2,1H3. The predicted molar refractivity (Wildman–Crippen MR) is 79.6 cm³/mol. The molecule has 0 spiro atoms. The summed E-state index contributed by atoms with van der Waals surface area (Å²) in [5, 5.41) is 3.41. The third-order valence-electron chi connectivity index (χ3n) is 3.85. The van der Waals surface area contributed by atoms with Gasteiger partial charge in [-0.15, -0.1) is 0 Å². The topological polar surface area (TPSA) is 39.1 Å². The van der Waals surface area contributed by atoms with Crippen molar-refractivity contribution in [2.24, 2.45) is 0 Å². The monoisotopic (exact) mass is 271 g/mol. The molecule has 1 aromatic heterocycles. The molecule has 1 fully saturated rings. The van der Waals surface area contributed by atoms with E-state index in [2.05, 4.69) is 27.0 Å². The van der Waals surface area contributed by atoms with Crippen LogP contribution in [-0.4, -0.2) is 29.2 Å². The number of hydrogen-bond acceptors (Lipinski definition) is 3. The lowest BCUT2D eigenvalue weighted by atomic mass is 9.95. The average Bonchev–Trinajstić information content (AvgIpc) is 2.99. The summed E-state index contributed by atoms with van der Waals surface area (Å²) in [5.74, 6) is 1.52. The number of benzene rings is 1. The fourth-order valence-corrected chi connectivity index (χ4v) is 2.81. The Kier molecular flexibility index (Phi) is 4.02. The number of nitrogens with zero attached hydrogens (tertiary/aromatic N) is 2. The highest BCUT2D eigenvalue weighted by Gasteiger charge is 2.19. The molecule has 3 rings (SSSR count). The second-order valence-corrected chi connectivity index (χ2v) is 5.14. The van der Waals surface area contributed by atoms with Crippen molar-refractivity contribution in [3.8, 4) is 11.4 Å². The minimum atomic E-state index is 0.602. The third kappa shape index (κ3) is 2.70. The van der Waals surface area contributed by atoms with Gasteiger partial charge in [-0.25, -0.2) is 4.98 Å². The van der Waals surface area contributed by atoms with Crippen molar-refractivity contribution in [1.29, 1.82) is 0 Å². The second-order valence-electron chi connectivity index (χ2n) is 5.14. The Morgan fingerprint density at radius 2 is 2.00 bits per heavy atom. The molecule has 20 heavy (non-hydrogen) atoms. The van der Waals surface area contributed by atoms with Crippen molar-refractivity contribution in [1.82, 2.24) is 14.9 Å². The SMILES string of the molecule is CCOc1ccc(-n2cncc2C2CCNCC2)cc1. The van der Waals surface area contributed by atoms with Gasteiger partial charge in [0.15, 0.2) is 0 Å². The first-order valence-corrected chi connectivity index (χ1v) is 7.34. The van der Waals surface area contributed by atoms with Crippen molar-refractivity contribution in [3.63, 3.8) is 0 Å². The molecule has 1 aliphatic rings. The molecule has 0 aliphatic carbocycles. The first kappa shape index (κ1) is 13.2. The van der Waals surface area contributed by atoms with Gasteiger partial charge in [-0.2, -0.15) is 0 Å². The summed E-state index contributed by atoms with van der Waals surface area (Å²) in [6, 6.07) is 8.23.